The molecule has 6 heteroatoms. The summed E-state index contributed by atoms with van der Waals surface area (Å²) in [5.74, 6) is -0.804. The van der Waals surface area contributed by atoms with E-state index in [4.69, 9.17) is 0 Å². The standard InChI is InChI=1S/C24H27N3O3/c1-2-20(23(28)29)27-21-11-7-6-10-18(21)19-14-17(12-13-22(19)27)26-24(30)25-15-16-8-4-3-5-9-16/h3-11,17,20H,2,12-15H2,1H3,(H,28,29)(H2,25,26,30)/t17-,20?/m0/s1. The van der Waals surface area contributed by atoms with Crippen molar-refractivity contribution in [3.63, 3.8) is 0 Å². The van der Waals surface area contributed by atoms with Crippen molar-refractivity contribution < 1.29 is 14.7 Å². The van der Waals surface area contributed by atoms with E-state index in [2.05, 4.69) is 16.7 Å². The minimum absolute atomic E-state index is 0.0254. The van der Waals surface area contributed by atoms with Crippen LogP contribution < -0.4 is 10.6 Å². The Morgan fingerprint density at radius 2 is 1.87 bits per heavy atom. The fourth-order valence-corrected chi connectivity index (χ4v) is 4.51. The first-order valence-corrected chi connectivity index (χ1v) is 10.5. The molecule has 0 bridgehead atoms. The second kappa shape index (κ2) is 8.61. The number of nitrogens with zero attached hydrogens (tertiary/aromatic N) is 1. The van der Waals surface area contributed by atoms with Crippen LogP contribution in [0.25, 0.3) is 10.9 Å². The van der Waals surface area contributed by atoms with Gasteiger partial charge in [-0.15, -0.1) is 0 Å². The summed E-state index contributed by atoms with van der Waals surface area (Å²) in [7, 11) is 0. The van der Waals surface area contributed by atoms with E-state index < -0.39 is 12.0 Å². The SMILES string of the molecule is CCC(C(=O)O)n1c2c(c3ccccc31)C[C@@H](NC(=O)NCc1ccccc1)CC2. The van der Waals surface area contributed by atoms with E-state index in [1.165, 1.54) is 0 Å². The number of nitrogens with one attached hydrogen (secondary N) is 2. The van der Waals surface area contributed by atoms with Crippen LogP contribution in [0, 0.1) is 0 Å². The molecule has 0 aliphatic heterocycles. The van der Waals surface area contributed by atoms with E-state index >= 15 is 0 Å². The van der Waals surface area contributed by atoms with Crippen molar-refractivity contribution in [3.8, 4) is 0 Å². The molecule has 0 saturated heterocycles. The number of amides is 2. The van der Waals surface area contributed by atoms with Crippen LogP contribution in [0.1, 0.15) is 42.6 Å². The van der Waals surface area contributed by atoms with Crippen molar-refractivity contribution >= 4 is 22.9 Å². The first kappa shape index (κ1) is 20.0. The maximum absolute atomic E-state index is 12.4. The van der Waals surface area contributed by atoms with Gasteiger partial charge in [-0.2, -0.15) is 0 Å². The summed E-state index contributed by atoms with van der Waals surface area (Å²) in [6.45, 7) is 2.39. The lowest BCUT2D eigenvalue weighted by Gasteiger charge is -2.26. The number of aromatic nitrogens is 1. The predicted molar refractivity (Wildman–Crippen MR) is 117 cm³/mol. The highest BCUT2D eigenvalue weighted by atomic mass is 16.4. The molecule has 1 aliphatic rings. The number of rotatable bonds is 6. The Labute approximate surface area is 175 Å². The molecule has 2 atom stereocenters. The molecule has 4 rings (SSSR count). The van der Waals surface area contributed by atoms with E-state index in [0.29, 0.717) is 19.4 Å². The minimum Gasteiger partial charge on any atom is -0.480 e. The van der Waals surface area contributed by atoms with Gasteiger partial charge in [0.1, 0.15) is 6.04 Å². The number of para-hydroxylation sites is 1. The lowest BCUT2D eigenvalue weighted by molar-refractivity contribution is -0.140. The number of fused-ring (bicyclic) bond motifs is 3. The molecular formula is C24H27N3O3. The fraction of sp³-hybridized carbons (Fsp3) is 0.333. The molecule has 3 N–H and O–H groups in total. The van der Waals surface area contributed by atoms with E-state index in [-0.39, 0.29) is 12.1 Å². The molecule has 2 aromatic carbocycles. The highest BCUT2D eigenvalue weighted by Gasteiger charge is 2.30. The van der Waals surface area contributed by atoms with Gasteiger partial charge in [0.05, 0.1) is 0 Å². The smallest absolute Gasteiger partial charge is 0.326 e. The largest absolute Gasteiger partial charge is 0.480 e. The van der Waals surface area contributed by atoms with Gasteiger partial charge in [-0.3, -0.25) is 0 Å². The topological polar surface area (TPSA) is 83.4 Å². The van der Waals surface area contributed by atoms with Crippen molar-refractivity contribution in [3.05, 3.63) is 71.4 Å². The maximum Gasteiger partial charge on any atom is 0.326 e. The van der Waals surface area contributed by atoms with Gasteiger partial charge < -0.3 is 20.3 Å². The Bertz CT molecular complexity index is 1060. The molecule has 1 aliphatic carbocycles. The van der Waals surface area contributed by atoms with Crippen molar-refractivity contribution in [2.75, 3.05) is 0 Å². The molecule has 30 heavy (non-hydrogen) atoms. The van der Waals surface area contributed by atoms with Crippen LogP contribution in [0.4, 0.5) is 4.79 Å². The maximum atomic E-state index is 12.4. The number of carbonyl (C=O) groups is 2. The molecule has 0 spiro atoms. The molecule has 156 valence electrons. The summed E-state index contributed by atoms with van der Waals surface area (Å²) in [5, 5.41) is 16.8. The van der Waals surface area contributed by atoms with Crippen LogP contribution in [0.15, 0.2) is 54.6 Å². The van der Waals surface area contributed by atoms with Crippen LogP contribution in [0.3, 0.4) is 0 Å². The second-order valence-corrected chi connectivity index (χ2v) is 7.83. The highest BCUT2D eigenvalue weighted by molar-refractivity contribution is 5.88. The molecule has 1 unspecified atom stereocenters. The third kappa shape index (κ3) is 3.90. The summed E-state index contributed by atoms with van der Waals surface area (Å²) >= 11 is 0. The van der Waals surface area contributed by atoms with Gasteiger partial charge in [0.2, 0.25) is 0 Å². The Morgan fingerprint density at radius 1 is 1.13 bits per heavy atom. The zero-order chi connectivity index (χ0) is 21.1. The van der Waals surface area contributed by atoms with Crippen LogP contribution >= 0.6 is 0 Å². The van der Waals surface area contributed by atoms with Gasteiger partial charge in [0.15, 0.2) is 0 Å². The molecule has 6 nitrogen and oxygen atoms in total. The summed E-state index contributed by atoms with van der Waals surface area (Å²) in [6, 6.07) is 17.1. The van der Waals surface area contributed by atoms with E-state index in [0.717, 1.165) is 40.6 Å². The Hall–Kier alpha value is -3.28. The number of carbonyl (C=O) groups excluding carboxylic acids is 1. The zero-order valence-corrected chi connectivity index (χ0v) is 17.1. The van der Waals surface area contributed by atoms with Crippen LogP contribution in [0.2, 0.25) is 0 Å². The monoisotopic (exact) mass is 405 g/mol. The average Bonchev–Trinajstić information content (AvgIpc) is 3.07. The first-order valence-electron chi connectivity index (χ1n) is 10.5. The highest BCUT2D eigenvalue weighted by Crippen LogP contribution is 2.35. The van der Waals surface area contributed by atoms with Gasteiger partial charge in [0, 0.05) is 29.2 Å². The minimum atomic E-state index is -0.804. The third-order valence-electron chi connectivity index (χ3n) is 5.92. The van der Waals surface area contributed by atoms with Crippen LogP contribution in [-0.2, 0) is 24.2 Å². The summed E-state index contributed by atoms with van der Waals surface area (Å²) in [4.78, 5) is 24.3. The first-order chi connectivity index (χ1) is 14.6. The molecule has 1 aromatic heterocycles. The van der Waals surface area contributed by atoms with Crippen molar-refractivity contribution in [2.45, 2.75) is 51.2 Å². The lowest BCUT2D eigenvalue weighted by Crippen LogP contribution is -2.44. The van der Waals surface area contributed by atoms with Gasteiger partial charge in [-0.1, -0.05) is 55.5 Å². The molecule has 0 fully saturated rings. The number of hydrogen-bond acceptors (Lipinski definition) is 2. The van der Waals surface area contributed by atoms with E-state index in [1.807, 2.05) is 60.0 Å². The third-order valence-corrected chi connectivity index (χ3v) is 5.92. The number of aliphatic carboxylic acids is 1. The van der Waals surface area contributed by atoms with E-state index in [9.17, 15) is 14.7 Å². The molecule has 1 heterocycles. The summed E-state index contributed by atoms with van der Waals surface area (Å²) in [6.07, 6.45) is 2.78. The molecular weight excluding hydrogens is 378 g/mol. The number of carboxylic acid groups (broad SMARTS) is 1. The quantitative estimate of drug-likeness (QED) is 0.579. The summed E-state index contributed by atoms with van der Waals surface area (Å²) < 4.78 is 2.00. The Balaban J connectivity index is 1.52. The fourth-order valence-electron chi connectivity index (χ4n) is 4.51. The van der Waals surface area contributed by atoms with Gasteiger partial charge in [-0.25, -0.2) is 9.59 Å². The predicted octanol–water partition coefficient (Wildman–Crippen LogP) is 4.03. The molecule has 0 radical (unpaired) electrons. The van der Waals surface area contributed by atoms with Gasteiger partial charge >= 0.3 is 12.0 Å². The molecule has 0 saturated carbocycles. The second-order valence-electron chi connectivity index (χ2n) is 7.83. The molecule has 2 amide bonds. The Kier molecular flexibility index (Phi) is 5.74. The van der Waals surface area contributed by atoms with Gasteiger partial charge in [-0.05, 0) is 42.9 Å². The number of urea groups is 1. The van der Waals surface area contributed by atoms with Crippen LogP contribution in [-0.4, -0.2) is 27.7 Å². The van der Waals surface area contributed by atoms with Crippen molar-refractivity contribution in [1.82, 2.24) is 15.2 Å². The zero-order valence-electron chi connectivity index (χ0n) is 17.1. The lowest BCUT2D eigenvalue weighted by atomic mass is 9.91. The molecule has 3 aromatic rings. The number of hydrogen-bond donors (Lipinski definition) is 3. The number of benzene rings is 2. The van der Waals surface area contributed by atoms with E-state index in [1.54, 1.807) is 0 Å². The van der Waals surface area contributed by atoms with Crippen LogP contribution in [0.5, 0.6) is 0 Å². The average molecular weight is 405 g/mol. The Morgan fingerprint density at radius 3 is 2.60 bits per heavy atom. The normalized spacial score (nSPS) is 16.6. The summed E-state index contributed by atoms with van der Waals surface area (Å²) in [5.41, 5.74) is 4.27. The number of carboxylic acids is 1. The van der Waals surface area contributed by atoms with Gasteiger partial charge in [0.25, 0.3) is 0 Å². The van der Waals surface area contributed by atoms with Crippen molar-refractivity contribution in [2.24, 2.45) is 0 Å². The van der Waals surface area contributed by atoms with Crippen molar-refractivity contribution in [1.29, 1.82) is 0 Å².